The molecule has 1 N–H and O–H groups in total. The zero-order valence-electron chi connectivity index (χ0n) is 17.8. The molecule has 1 aromatic carbocycles. The van der Waals surface area contributed by atoms with E-state index < -0.39 is 5.69 Å². The topological polar surface area (TPSA) is 90.9 Å². The number of thioether (sulfide) groups is 1. The Labute approximate surface area is 184 Å². The number of benzene rings is 1. The van der Waals surface area contributed by atoms with Crippen LogP contribution in [0.25, 0.3) is 11.2 Å². The van der Waals surface area contributed by atoms with Crippen molar-refractivity contribution in [2.24, 2.45) is 14.1 Å². The Hall–Kier alpha value is -2.81. The van der Waals surface area contributed by atoms with Crippen LogP contribution < -0.4 is 16.6 Å². The molecule has 0 aliphatic heterocycles. The Bertz CT molecular complexity index is 1210. The SMILES string of the molecule is Cn1c(=O)c2c(nc(SCC(=O)NC3CCCCC3)n2Cc2ccccc2)n(C)c1=O. The lowest BCUT2D eigenvalue weighted by atomic mass is 9.95. The monoisotopic (exact) mass is 441 g/mol. The smallest absolute Gasteiger partial charge is 0.332 e. The van der Waals surface area contributed by atoms with E-state index in [0.29, 0.717) is 22.9 Å². The number of amides is 1. The molecular weight excluding hydrogens is 414 g/mol. The second-order valence-electron chi connectivity index (χ2n) is 8.04. The van der Waals surface area contributed by atoms with Crippen LogP contribution in [-0.2, 0) is 25.4 Å². The molecule has 0 radical (unpaired) electrons. The van der Waals surface area contributed by atoms with E-state index in [1.807, 2.05) is 34.9 Å². The molecule has 1 fully saturated rings. The molecular formula is C22H27N5O3S. The molecule has 0 atom stereocenters. The highest BCUT2D eigenvalue weighted by Crippen LogP contribution is 2.23. The maximum Gasteiger partial charge on any atom is 0.332 e. The van der Waals surface area contributed by atoms with Gasteiger partial charge in [-0.2, -0.15) is 0 Å². The first kappa shape index (κ1) is 21.4. The van der Waals surface area contributed by atoms with E-state index in [-0.39, 0.29) is 23.3 Å². The van der Waals surface area contributed by atoms with Crippen molar-refractivity contribution in [1.29, 1.82) is 0 Å². The van der Waals surface area contributed by atoms with Crippen LogP contribution in [0, 0.1) is 0 Å². The van der Waals surface area contributed by atoms with Gasteiger partial charge < -0.3 is 9.88 Å². The molecule has 0 unspecified atom stereocenters. The quantitative estimate of drug-likeness (QED) is 0.591. The van der Waals surface area contributed by atoms with Gasteiger partial charge in [0.2, 0.25) is 5.91 Å². The van der Waals surface area contributed by atoms with Crippen molar-refractivity contribution >= 4 is 28.8 Å². The summed E-state index contributed by atoms with van der Waals surface area (Å²) in [6, 6.07) is 10.0. The molecule has 2 heterocycles. The van der Waals surface area contributed by atoms with Gasteiger partial charge in [-0.15, -0.1) is 0 Å². The predicted molar refractivity (Wildman–Crippen MR) is 121 cm³/mol. The first-order valence-electron chi connectivity index (χ1n) is 10.6. The fourth-order valence-electron chi connectivity index (χ4n) is 4.10. The Morgan fingerprint density at radius 1 is 1.10 bits per heavy atom. The number of fused-ring (bicyclic) bond motifs is 1. The van der Waals surface area contributed by atoms with Gasteiger partial charge in [0.25, 0.3) is 5.56 Å². The van der Waals surface area contributed by atoms with Crippen LogP contribution in [-0.4, -0.2) is 36.4 Å². The Balaban J connectivity index is 1.66. The van der Waals surface area contributed by atoms with E-state index in [9.17, 15) is 14.4 Å². The average Bonchev–Trinajstić information content (AvgIpc) is 3.14. The van der Waals surface area contributed by atoms with Gasteiger partial charge >= 0.3 is 5.69 Å². The van der Waals surface area contributed by atoms with Crippen molar-refractivity contribution in [3.63, 3.8) is 0 Å². The van der Waals surface area contributed by atoms with E-state index in [1.54, 1.807) is 7.05 Å². The Morgan fingerprint density at radius 2 is 1.81 bits per heavy atom. The number of hydrogen-bond acceptors (Lipinski definition) is 5. The molecule has 0 saturated heterocycles. The zero-order valence-corrected chi connectivity index (χ0v) is 18.7. The van der Waals surface area contributed by atoms with E-state index in [0.717, 1.165) is 35.8 Å². The first-order valence-corrected chi connectivity index (χ1v) is 11.6. The summed E-state index contributed by atoms with van der Waals surface area (Å²) in [6.07, 6.45) is 5.60. The van der Waals surface area contributed by atoms with Crippen LogP contribution in [0.5, 0.6) is 0 Å². The molecule has 164 valence electrons. The molecule has 2 aromatic heterocycles. The third-order valence-electron chi connectivity index (χ3n) is 5.80. The minimum atomic E-state index is -0.423. The number of carbonyl (C=O) groups excluding carboxylic acids is 1. The molecule has 1 amide bonds. The van der Waals surface area contributed by atoms with Crippen LogP contribution >= 0.6 is 11.8 Å². The van der Waals surface area contributed by atoms with Crippen molar-refractivity contribution in [3.05, 3.63) is 56.7 Å². The van der Waals surface area contributed by atoms with Gasteiger partial charge in [-0.1, -0.05) is 61.4 Å². The van der Waals surface area contributed by atoms with E-state index in [2.05, 4.69) is 10.3 Å². The van der Waals surface area contributed by atoms with E-state index in [1.165, 1.54) is 29.8 Å². The number of rotatable bonds is 6. The third kappa shape index (κ3) is 4.46. The second-order valence-corrected chi connectivity index (χ2v) is 8.98. The number of imidazole rings is 1. The molecule has 3 aromatic rings. The Kier molecular flexibility index (Phi) is 6.31. The molecule has 1 aliphatic carbocycles. The minimum absolute atomic E-state index is 0.0305. The van der Waals surface area contributed by atoms with Crippen LogP contribution in [0.3, 0.4) is 0 Å². The molecule has 0 spiro atoms. The number of nitrogens with zero attached hydrogens (tertiary/aromatic N) is 4. The van der Waals surface area contributed by atoms with E-state index in [4.69, 9.17) is 0 Å². The summed E-state index contributed by atoms with van der Waals surface area (Å²) < 4.78 is 4.28. The predicted octanol–water partition coefficient (Wildman–Crippen LogP) is 2.02. The summed E-state index contributed by atoms with van der Waals surface area (Å²) in [4.78, 5) is 42.4. The number of hydrogen-bond donors (Lipinski definition) is 1. The van der Waals surface area contributed by atoms with Gasteiger partial charge in [0, 0.05) is 20.1 Å². The maximum absolute atomic E-state index is 12.9. The van der Waals surface area contributed by atoms with Crippen molar-refractivity contribution in [3.8, 4) is 0 Å². The number of carbonyl (C=O) groups is 1. The first-order chi connectivity index (χ1) is 15.0. The summed E-state index contributed by atoms with van der Waals surface area (Å²) in [5, 5.41) is 3.67. The van der Waals surface area contributed by atoms with Gasteiger partial charge in [0.15, 0.2) is 16.3 Å². The van der Waals surface area contributed by atoms with Crippen LogP contribution in [0.15, 0.2) is 45.1 Å². The molecule has 1 aliphatic rings. The fourth-order valence-corrected chi connectivity index (χ4v) is 4.90. The highest BCUT2D eigenvalue weighted by Gasteiger charge is 2.21. The van der Waals surface area contributed by atoms with Gasteiger partial charge in [-0.3, -0.25) is 18.7 Å². The normalized spacial score (nSPS) is 14.8. The lowest BCUT2D eigenvalue weighted by molar-refractivity contribution is -0.119. The van der Waals surface area contributed by atoms with Crippen LogP contribution in [0.1, 0.15) is 37.7 Å². The molecule has 4 rings (SSSR count). The zero-order chi connectivity index (χ0) is 22.0. The largest absolute Gasteiger partial charge is 0.353 e. The summed E-state index contributed by atoms with van der Waals surface area (Å²) in [5.41, 5.74) is 0.891. The molecule has 31 heavy (non-hydrogen) atoms. The average molecular weight is 442 g/mol. The van der Waals surface area contributed by atoms with E-state index >= 15 is 0 Å². The summed E-state index contributed by atoms with van der Waals surface area (Å²) in [6.45, 7) is 0.428. The van der Waals surface area contributed by atoms with Crippen molar-refractivity contribution < 1.29 is 4.79 Å². The number of aromatic nitrogens is 4. The maximum atomic E-state index is 12.9. The summed E-state index contributed by atoms with van der Waals surface area (Å²) >= 11 is 1.29. The molecule has 1 saturated carbocycles. The van der Waals surface area contributed by atoms with Crippen molar-refractivity contribution in [2.45, 2.75) is 49.8 Å². The van der Waals surface area contributed by atoms with Gasteiger partial charge in [0.1, 0.15) is 0 Å². The van der Waals surface area contributed by atoms with Crippen LogP contribution in [0.2, 0.25) is 0 Å². The lowest BCUT2D eigenvalue weighted by Crippen LogP contribution is -2.37. The lowest BCUT2D eigenvalue weighted by Gasteiger charge is -2.22. The van der Waals surface area contributed by atoms with Crippen molar-refractivity contribution in [2.75, 3.05) is 5.75 Å². The standard InChI is InChI=1S/C22H27N5O3S/c1-25-19-18(20(29)26(2)22(25)30)27(13-15-9-5-3-6-10-15)21(24-19)31-14-17(28)23-16-11-7-4-8-12-16/h3,5-6,9-10,16H,4,7-8,11-14H2,1-2H3,(H,23,28). The third-order valence-corrected chi connectivity index (χ3v) is 6.78. The molecule has 9 heteroatoms. The van der Waals surface area contributed by atoms with Gasteiger partial charge in [-0.25, -0.2) is 9.78 Å². The van der Waals surface area contributed by atoms with Crippen molar-refractivity contribution in [1.82, 2.24) is 24.0 Å². The molecule has 8 nitrogen and oxygen atoms in total. The second kappa shape index (κ2) is 9.13. The van der Waals surface area contributed by atoms with Crippen LogP contribution in [0.4, 0.5) is 0 Å². The minimum Gasteiger partial charge on any atom is -0.353 e. The summed E-state index contributed by atoms with van der Waals surface area (Å²) in [5.74, 6) is 0.181. The van der Waals surface area contributed by atoms with Gasteiger partial charge in [-0.05, 0) is 18.4 Å². The number of nitrogens with one attached hydrogen (secondary N) is 1. The molecule has 0 bridgehead atoms. The highest BCUT2D eigenvalue weighted by atomic mass is 32.2. The highest BCUT2D eigenvalue weighted by molar-refractivity contribution is 7.99. The summed E-state index contributed by atoms with van der Waals surface area (Å²) in [7, 11) is 3.07. The fraction of sp³-hybridized carbons (Fsp3) is 0.455. The Morgan fingerprint density at radius 3 is 2.52 bits per heavy atom. The number of aryl methyl sites for hydroxylation is 1. The van der Waals surface area contributed by atoms with Gasteiger partial charge in [0.05, 0.1) is 12.3 Å².